The Morgan fingerprint density at radius 2 is 1.61 bits per heavy atom. The summed E-state index contributed by atoms with van der Waals surface area (Å²) in [7, 11) is -2.08. The van der Waals surface area contributed by atoms with Crippen LogP contribution in [0.25, 0.3) is 0 Å². The number of sulfonamides is 1. The lowest BCUT2D eigenvalue weighted by molar-refractivity contribution is 0.101. The first-order chi connectivity index (χ1) is 10.8. The summed E-state index contributed by atoms with van der Waals surface area (Å²) in [5.74, 6) is 0.608. The van der Waals surface area contributed by atoms with Gasteiger partial charge in [-0.2, -0.15) is 0 Å². The molecule has 2 aromatic carbocycles. The van der Waals surface area contributed by atoms with Gasteiger partial charge in [0.25, 0.3) is 0 Å². The summed E-state index contributed by atoms with van der Waals surface area (Å²) in [4.78, 5) is 11.4. The van der Waals surface area contributed by atoms with Crippen molar-refractivity contribution in [1.82, 2.24) is 4.72 Å². The minimum absolute atomic E-state index is 0.103. The van der Waals surface area contributed by atoms with Gasteiger partial charge in [-0.25, -0.2) is 13.1 Å². The second-order valence-corrected chi connectivity index (χ2v) is 6.91. The van der Waals surface area contributed by atoms with Gasteiger partial charge in [-0.05, 0) is 43.7 Å². The van der Waals surface area contributed by atoms with Gasteiger partial charge in [0, 0.05) is 11.6 Å². The first-order valence-electron chi connectivity index (χ1n) is 7.11. The van der Waals surface area contributed by atoms with Crippen LogP contribution >= 0.6 is 0 Å². The first-order valence-corrected chi connectivity index (χ1v) is 8.59. The van der Waals surface area contributed by atoms with Crippen molar-refractivity contribution in [3.8, 4) is 5.75 Å². The third-order valence-corrected chi connectivity index (χ3v) is 5.08. The molecular formula is C17H19NO4S. The second-order valence-electron chi connectivity index (χ2n) is 5.20. The Hall–Kier alpha value is -2.18. The predicted octanol–water partition coefficient (Wildman–Crippen LogP) is 2.94. The largest absolute Gasteiger partial charge is 0.497 e. The molecule has 2 aromatic rings. The van der Waals surface area contributed by atoms with Gasteiger partial charge in [-0.15, -0.1) is 0 Å². The highest BCUT2D eigenvalue weighted by Gasteiger charge is 2.18. The van der Waals surface area contributed by atoms with E-state index >= 15 is 0 Å². The van der Waals surface area contributed by atoms with Crippen LogP contribution in [-0.4, -0.2) is 21.3 Å². The lowest BCUT2D eigenvalue weighted by Crippen LogP contribution is -2.26. The molecule has 0 saturated carbocycles. The summed E-state index contributed by atoms with van der Waals surface area (Å²) >= 11 is 0. The molecule has 0 spiro atoms. The molecular weight excluding hydrogens is 314 g/mol. The molecule has 0 aliphatic rings. The van der Waals surface area contributed by atoms with Crippen molar-refractivity contribution in [3.63, 3.8) is 0 Å². The summed E-state index contributed by atoms with van der Waals surface area (Å²) < 4.78 is 32.5. The highest BCUT2D eigenvalue weighted by Crippen LogP contribution is 2.20. The summed E-state index contributed by atoms with van der Waals surface area (Å²) in [6.07, 6.45) is 0. The summed E-state index contributed by atoms with van der Waals surface area (Å²) in [6, 6.07) is 12.7. The molecule has 0 aliphatic carbocycles. The van der Waals surface area contributed by atoms with E-state index in [-0.39, 0.29) is 10.7 Å². The number of hydrogen-bond acceptors (Lipinski definition) is 4. The molecule has 0 aliphatic heterocycles. The van der Waals surface area contributed by atoms with Gasteiger partial charge < -0.3 is 4.74 Å². The van der Waals surface area contributed by atoms with Gasteiger partial charge in [0.15, 0.2) is 5.78 Å². The van der Waals surface area contributed by atoms with E-state index in [0.29, 0.717) is 11.3 Å². The minimum Gasteiger partial charge on any atom is -0.497 e. The number of hydrogen-bond donors (Lipinski definition) is 1. The monoisotopic (exact) mass is 333 g/mol. The molecule has 0 aromatic heterocycles. The zero-order valence-electron chi connectivity index (χ0n) is 13.2. The number of carbonyl (C=O) groups excluding carboxylic acids is 1. The van der Waals surface area contributed by atoms with Crippen LogP contribution < -0.4 is 9.46 Å². The number of benzene rings is 2. The molecule has 0 saturated heterocycles. The predicted molar refractivity (Wildman–Crippen MR) is 88.2 cm³/mol. The second kappa shape index (κ2) is 6.93. The van der Waals surface area contributed by atoms with E-state index in [0.717, 1.165) is 5.56 Å². The molecule has 2 rings (SSSR count). The van der Waals surface area contributed by atoms with Crippen molar-refractivity contribution in [3.05, 3.63) is 59.7 Å². The van der Waals surface area contributed by atoms with Crippen LogP contribution in [0.3, 0.4) is 0 Å². The summed E-state index contributed by atoms with van der Waals surface area (Å²) in [5, 5.41) is 0. The smallest absolute Gasteiger partial charge is 0.241 e. The first kappa shape index (κ1) is 17.2. The van der Waals surface area contributed by atoms with E-state index in [1.807, 2.05) is 12.1 Å². The van der Waals surface area contributed by atoms with E-state index in [1.165, 1.54) is 31.2 Å². The van der Waals surface area contributed by atoms with E-state index in [4.69, 9.17) is 4.74 Å². The van der Waals surface area contributed by atoms with E-state index in [9.17, 15) is 13.2 Å². The molecule has 0 radical (unpaired) electrons. The topological polar surface area (TPSA) is 72.5 Å². The Balaban J connectivity index is 2.17. The fourth-order valence-corrected chi connectivity index (χ4v) is 3.36. The highest BCUT2D eigenvalue weighted by molar-refractivity contribution is 7.89. The Bertz CT molecular complexity index is 780. The Morgan fingerprint density at radius 3 is 2.09 bits per heavy atom. The van der Waals surface area contributed by atoms with Gasteiger partial charge in [-0.3, -0.25) is 4.79 Å². The maximum Gasteiger partial charge on any atom is 0.241 e. The average molecular weight is 333 g/mol. The molecule has 6 heteroatoms. The third-order valence-electron chi connectivity index (χ3n) is 3.52. The standard InChI is InChI=1S/C17H19NO4S/c1-12(14-4-8-16(22-3)9-5-14)18-23(20,21)17-10-6-15(7-11-17)13(2)19/h4-12,18H,1-3H3/t12-/m0/s1. The molecule has 0 unspecified atom stereocenters. The molecule has 1 N–H and O–H groups in total. The molecule has 0 fully saturated rings. The molecule has 122 valence electrons. The zero-order chi connectivity index (χ0) is 17.0. The van der Waals surface area contributed by atoms with Gasteiger partial charge >= 0.3 is 0 Å². The van der Waals surface area contributed by atoms with Gasteiger partial charge in [0.05, 0.1) is 12.0 Å². The number of carbonyl (C=O) groups is 1. The van der Waals surface area contributed by atoms with Crippen molar-refractivity contribution < 1.29 is 17.9 Å². The van der Waals surface area contributed by atoms with Crippen molar-refractivity contribution in [2.24, 2.45) is 0 Å². The van der Waals surface area contributed by atoms with Crippen LogP contribution in [0.4, 0.5) is 0 Å². The molecule has 0 heterocycles. The van der Waals surface area contributed by atoms with Gasteiger partial charge in [0.1, 0.15) is 5.75 Å². The summed E-state index contributed by atoms with van der Waals surface area (Å²) in [5.41, 5.74) is 1.31. The molecule has 0 bridgehead atoms. The number of rotatable bonds is 6. The van der Waals surface area contributed by atoms with Crippen molar-refractivity contribution in [2.75, 3.05) is 7.11 Å². The fraction of sp³-hybridized carbons (Fsp3) is 0.235. The highest BCUT2D eigenvalue weighted by atomic mass is 32.2. The van der Waals surface area contributed by atoms with Crippen molar-refractivity contribution >= 4 is 15.8 Å². The zero-order valence-corrected chi connectivity index (χ0v) is 14.1. The quantitative estimate of drug-likeness (QED) is 0.825. The van der Waals surface area contributed by atoms with E-state index in [1.54, 1.807) is 26.2 Å². The van der Waals surface area contributed by atoms with Crippen LogP contribution in [-0.2, 0) is 10.0 Å². The minimum atomic E-state index is -3.66. The molecule has 0 amide bonds. The average Bonchev–Trinajstić information content (AvgIpc) is 2.54. The van der Waals surface area contributed by atoms with Crippen molar-refractivity contribution in [1.29, 1.82) is 0 Å². The normalized spacial score (nSPS) is 12.7. The van der Waals surface area contributed by atoms with Crippen LogP contribution in [0.1, 0.15) is 35.8 Å². The molecule has 5 nitrogen and oxygen atoms in total. The van der Waals surface area contributed by atoms with Crippen LogP contribution in [0.2, 0.25) is 0 Å². The third kappa shape index (κ3) is 4.18. The lowest BCUT2D eigenvalue weighted by Gasteiger charge is -2.15. The Morgan fingerprint density at radius 1 is 1.04 bits per heavy atom. The molecule has 1 atom stereocenters. The lowest BCUT2D eigenvalue weighted by atomic mass is 10.1. The van der Waals surface area contributed by atoms with E-state index < -0.39 is 16.1 Å². The Kier molecular flexibility index (Phi) is 5.18. The summed E-state index contributed by atoms with van der Waals surface area (Å²) in [6.45, 7) is 3.21. The number of Topliss-reactive ketones (excluding diaryl/α,β-unsaturated/α-hetero) is 1. The number of nitrogens with one attached hydrogen (secondary N) is 1. The molecule has 23 heavy (non-hydrogen) atoms. The number of ketones is 1. The maximum absolute atomic E-state index is 12.4. The number of methoxy groups -OCH3 is 1. The Labute approximate surface area is 136 Å². The fourth-order valence-electron chi connectivity index (χ4n) is 2.13. The van der Waals surface area contributed by atoms with Crippen LogP contribution in [0.5, 0.6) is 5.75 Å². The maximum atomic E-state index is 12.4. The van der Waals surface area contributed by atoms with Gasteiger partial charge in [0.2, 0.25) is 10.0 Å². The van der Waals surface area contributed by atoms with E-state index in [2.05, 4.69) is 4.72 Å². The van der Waals surface area contributed by atoms with Gasteiger partial charge in [-0.1, -0.05) is 24.3 Å². The van der Waals surface area contributed by atoms with Crippen LogP contribution in [0, 0.1) is 0 Å². The van der Waals surface area contributed by atoms with Crippen LogP contribution in [0.15, 0.2) is 53.4 Å². The number of ether oxygens (including phenoxy) is 1. The van der Waals surface area contributed by atoms with Crippen molar-refractivity contribution in [2.45, 2.75) is 24.8 Å². The SMILES string of the molecule is COc1ccc([C@H](C)NS(=O)(=O)c2ccc(C(C)=O)cc2)cc1.